The minimum absolute atomic E-state index is 0.324. The normalized spacial score (nSPS) is 26.4. The molecule has 2 fully saturated rings. The van der Waals surface area contributed by atoms with Crippen molar-refractivity contribution in [1.29, 1.82) is 0 Å². The van der Waals surface area contributed by atoms with Gasteiger partial charge in [-0.05, 0) is 35.9 Å². The van der Waals surface area contributed by atoms with Gasteiger partial charge >= 0.3 is 0 Å². The fourth-order valence-corrected chi connectivity index (χ4v) is 4.34. The molecule has 0 bridgehead atoms. The molecular weight excluding hydrogens is 310 g/mol. The maximum atomic E-state index is 9.84. The number of hydrogen-bond acceptors (Lipinski definition) is 4. The van der Waals surface area contributed by atoms with E-state index in [1.807, 2.05) is 0 Å². The first-order valence-corrected chi connectivity index (χ1v) is 10.1. The molecule has 0 saturated carbocycles. The number of hydrogen-bond donors (Lipinski definition) is 1. The highest BCUT2D eigenvalue weighted by atomic mass is 16.3. The van der Waals surface area contributed by atoms with E-state index in [1.54, 1.807) is 0 Å². The molecule has 2 saturated heterocycles. The number of aliphatic hydroxyl groups excluding tert-OH is 1. The minimum Gasteiger partial charge on any atom is -0.396 e. The molecule has 3 rings (SSSR count). The van der Waals surface area contributed by atoms with Crippen LogP contribution in [0.5, 0.6) is 0 Å². The van der Waals surface area contributed by atoms with Crippen molar-refractivity contribution in [2.24, 2.45) is 11.8 Å². The Morgan fingerprint density at radius 3 is 2.04 bits per heavy atom. The van der Waals surface area contributed by atoms with E-state index >= 15 is 0 Å². The molecule has 2 atom stereocenters. The molecule has 2 aliphatic rings. The fraction of sp³-hybridized carbons (Fsp3) is 0.714. The Labute approximate surface area is 153 Å². The number of piperazine rings is 1. The molecule has 0 aromatic heterocycles. The molecule has 0 radical (unpaired) electrons. The smallest absolute Gasteiger partial charge is 0.0475 e. The van der Waals surface area contributed by atoms with Gasteiger partial charge in [0.1, 0.15) is 0 Å². The molecular formula is C21H35N3O. The van der Waals surface area contributed by atoms with E-state index in [9.17, 15) is 5.11 Å². The number of benzene rings is 1. The van der Waals surface area contributed by atoms with Gasteiger partial charge in [0.2, 0.25) is 0 Å². The van der Waals surface area contributed by atoms with Crippen LogP contribution in [0.3, 0.4) is 0 Å². The highest BCUT2D eigenvalue weighted by molar-refractivity contribution is 5.22. The Morgan fingerprint density at radius 2 is 1.44 bits per heavy atom. The second-order valence-electron chi connectivity index (χ2n) is 7.80. The van der Waals surface area contributed by atoms with Crippen molar-refractivity contribution in [2.45, 2.75) is 26.8 Å². The van der Waals surface area contributed by atoms with Crippen molar-refractivity contribution in [3.8, 4) is 0 Å². The SMILES string of the molecule is CCc1ccc(CN2CC(CO)C(CN3CCN(CC)CC3)C2)cc1. The molecule has 1 aromatic rings. The number of aliphatic hydroxyl groups is 1. The molecule has 2 aliphatic heterocycles. The Morgan fingerprint density at radius 1 is 0.840 bits per heavy atom. The third kappa shape index (κ3) is 5.04. The molecule has 25 heavy (non-hydrogen) atoms. The van der Waals surface area contributed by atoms with Crippen LogP contribution in [-0.4, -0.2) is 78.8 Å². The first-order valence-electron chi connectivity index (χ1n) is 10.1. The predicted octanol–water partition coefficient (Wildman–Crippen LogP) is 1.93. The molecule has 0 amide bonds. The average molecular weight is 346 g/mol. The topological polar surface area (TPSA) is 30.0 Å². The summed E-state index contributed by atoms with van der Waals surface area (Å²) in [6, 6.07) is 9.04. The van der Waals surface area contributed by atoms with Gasteiger partial charge in [0.25, 0.3) is 0 Å². The lowest BCUT2D eigenvalue weighted by Gasteiger charge is -2.36. The summed E-state index contributed by atoms with van der Waals surface area (Å²) >= 11 is 0. The number of nitrogens with zero attached hydrogens (tertiary/aromatic N) is 3. The van der Waals surface area contributed by atoms with Crippen molar-refractivity contribution >= 4 is 0 Å². The summed E-state index contributed by atoms with van der Waals surface area (Å²) in [7, 11) is 0. The second-order valence-corrected chi connectivity index (χ2v) is 7.80. The largest absolute Gasteiger partial charge is 0.396 e. The minimum atomic E-state index is 0.324. The zero-order valence-corrected chi connectivity index (χ0v) is 16.0. The summed E-state index contributed by atoms with van der Waals surface area (Å²) < 4.78 is 0. The summed E-state index contributed by atoms with van der Waals surface area (Å²) in [5.41, 5.74) is 2.80. The molecule has 1 aromatic carbocycles. The lowest BCUT2D eigenvalue weighted by atomic mass is 9.96. The van der Waals surface area contributed by atoms with Crippen LogP contribution in [0.4, 0.5) is 0 Å². The van der Waals surface area contributed by atoms with E-state index in [0.29, 0.717) is 18.4 Å². The summed E-state index contributed by atoms with van der Waals surface area (Å²) in [6.45, 7) is 15.0. The standard InChI is InChI=1S/C21H35N3O/c1-3-18-5-7-19(8-6-18)13-24-15-20(21(16-24)17-25)14-23-11-9-22(4-2)10-12-23/h5-8,20-21,25H,3-4,9-17H2,1-2H3. The van der Waals surface area contributed by atoms with Gasteiger partial charge in [-0.3, -0.25) is 4.90 Å². The first-order chi connectivity index (χ1) is 12.2. The van der Waals surface area contributed by atoms with Crippen molar-refractivity contribution < 1.29 is 5.11 Å². The van der Waals surface area contributed by atoms with Gasteiger partial charge in [0.05, 0.1) is 0 Å². The second kappa shape index (κ2) is 9.13. The molecule has 2 heterocycles. The van der Waals surface area contributed by atoms with Gasteiger partial charge < -0.3 is 14.9 Å². The number of likely N-dealkylation sites (tertiary alicyclic amines) is 1. The predicted molar refractivity (Wildman–Crippen MR) is 104 cm³/mol. The van der Waals surface area contributed by atoms with E-state index in [2.05, 4.69) is 52.8 Å². The monoisotopic (exact) mass is 345 g/mol. The highest BCUT2D eigenvalue weighted by Gasteiger charge is 2.33. The first kappa shape index (κ1) is 18.8. The van der Waals surface area contributed by atoms with E-state index in [4.69, 9.17) is 0 Å². The summed E-state index contributed by atoms with van der Waals surface area (Å²) in [5.74, 6) is 1.03. The molecule has 0 spiro atoms. The molecule has 4 heteroatoms. The quantitative estimate of drug-likeness (QED) is 0.818. The summed E-state index contributed by atoms with van der Waals surface area (Å²) in [6.07, 6.45) is 1.10. The maximum absolute atomic E-state index is 9.84. The van der Waals surface area contributed by atoms with Crippen LogP contribution in [0.15, 0.2) is 24.3 Å². The van der Waals surface area contributed by atoms with Gasteiger partial charge in [0.15, 0.2) is 0 Å². The summed E-state index contributed by atoms with van der Waals surface area (Å²) in [4.78, 5) is 7.68. The number of likely N-dealkylation sites (N-methyl/N-ethyl adjacent to an activating group) is 1. The highest BCUT2D eigenvalue weighted by Crippen LogP contribution is 2.26. The van der Waals surface area contributed by atoms with E-state index in [-0.39, 0.29) is 0 Å². The van der Waals surface area contributed by atoms with Gasteiger partial charge in [-0.1, -0.05) is 38.1 Å². The average Bonchev–Trinajstić information content (AvgIpc) is 3.04. The van der Waals surface area contributed by atoms with Crippen molar-refractivity contribution in [2.75, 3.05) is 59.0 Å². The van der Waals surface area contributed by atoms with Crippen molar-refractivity contribution in [3.63, 3.8) is 0 Å². The Balaban J connectivity index is 1.51. The van der Waals surface area contributed by atoms with Crippen LogP contribution < -0.4 is 0 Å². The van der Waals surface area contributed by atoms with E-state index in [1.165, 1.54) is 43.9 Å². The lowest BCUT2D eigenvalue weighted by Crippen LogP contribution is -2.48. The number of rotatable bonds is 7. The lowest BCUT2D eigenvalue weighted by molar-refractivity contribution is 0.106. The van der Waals surface area contributed by atoms with E-state index in [0.717, 1.165) is 32.6 Å². The third-order valence-electron chi connectivity index (χ3n) is 6.13. The molecule has 4 nitrogen and oxygen atoms in total. The van der Waals surface area contributed by atoms with Gasteiger partial charge in [0, 0.05) is 59.0 Å². The van der Waals surface area contributed by atoms with Gasteiger partial charge in [-0.15, -0.1) is 0 Å². The van der Waals surface area contributed by atoms with Crippen LogP contribution in [0.1, 0.15) is 25.0 Å². The van der Waals surface area contributed by atoms with Crippen LogP contribution in [0.2, 0.25) is 0 Å². The Bertz CT molecular complexity index is 510. The van der Waals surface area contributed by atoms with Crippen molar-refractivity contribution in [3.05, 3.63) is 35.4 Å². The third-order valence-corrected chi connectivity index (χ3v) is 6.13. The van der Waals surface area contributed by atoms with Crippen LogP contribution in [0, 0.1) is 11.8 Å². The van der Waals surface area contributed by atoms with Crippen LogP contribution in [0.25, 0.3) is 0 Å². The van der Waals surface area contributed by atoms with Crippen molar-refractivity contribution in [1.82, 2.24) is 14.7 Å². The molecule has 140 valence electrons. The van der Waals surface area contributed by atoms with Crippen LogP contribution in [-0.2, 0) is 13.0 Å². The van der Waals surface area contributed by atoms with Crippen LogP contribution >= 0.6 is 0 Å². The Hall–Kier alpha value is -0.940. The summed E-state index contributed by atoms with van der Waals surface area (Å²) in [5, 5.41) is 9.84. The van der Waals surface area contributed by atoms with Gasteiger partial charge in [-0.25, -0.2) is 0 Å². The zero-order valence-electron chi connectivity index (χ0n) is 16.0. The number of aryl methyl sites for hydroxylation is 1. The van der Waals surface area contributed by atoms with E-state index < -0.39 is 0 Å². The Kier molecular flexibility index (Phi) is 6.88. The maximum Gasteiger partial charge on any atom is 0.0475 e. The van der Waals surface area contributed by atoms with Gasteiger partial charge in [-0.2, -0.15) is 0 Å². The molecule has 2 unspecified atom stereocenters. The zero-order chi connectivity index (χ0) is 17.6. The molecule has 1 N–H and O–H groups in total. The fourth-order valence-electron chi connectivity index (χ4n) is 4.34. The molecule has 0 aliphatic carbocycles.